The van der Waals surface area contributed by atoms with E-state index in [1.165, 1.54) is 10.9 Å². The summed E-state index contributed by atoms with van der Waals surface area (Å²) in [6.07, 6.45) is 1.37. The molecule has 0 aliphatic rings. The van der Waals surface area contributed by atoms with Crippen LogP contribution in [0.2, 0.25) is 0 Å². The van der Waals surface area contributed by atoms with Crippen molar-refractivity contribution in [2.24, 2.45) is 0 Å². The molecular weight excluding hydrogens is 418 g/mol. The van der Waals surface area contributed by atoms with Crippen molar-refractivity contribution >= 4 is 39.2 Å². The summed E-state index contributed by atoms with van der Waals surface area (Å²) >= 11 is 0. The van der Waals surface area contributed by atoms with E-state index in [1.807, 2.05) is 13.0 Å². The molecule has 0 fully saturated rings. The molecule has 0 aliphatic carbocycles. The van der Waals surface area contributed by atoms with Crippen molar-refractivity contribution in [2.75, 3.05) is 5.32 Å². The molecule has 1 amide bonds. The monoisotopic (exact) mass is 437 g/mol. The summed E-state index contributed by atoms with van der Waals surface area (Å²) in [6.45, 7) is 1.64. The number of aryl methyl sites for hydroxylation is 1. The Bertz CT molecular complexity index is 1580. The van der Waals surface area contributed by atoms with Gasteiger partial charge in [-0.1, -0.05) is 42.5 Å². The van der Waals surface area contributed by atoms with Crippen LogP contribution in [0.4, 0.5) is 5.69 Å². The Morgan fingerprint density at radius 1 is 0.970 bits per heavy atom. The van der Waals surface area contributed by atoms with Gasteiger partial charge in [-0.05, 0) is 37.3 Å². The molecule has 5 rings (SSSR count). The van der Waals surface area contributed by atoms with Crippen LogP contribution in [0.15, 0.2) is 88.3 Å². The molecule has 0 saturated carbocycles. The van der Waals surface area contributed by atoms with Crippen molar-refractivity contribution in [3.63, 3.8) is 0 Å². The summed E-state index contributed by atoms with van der Waals surface area (Å²) in [5.74, 6) is -0.290. The van der Waals surface area contributed by atoms with E-state index in [1.54, 1.807) is 66.7 Å². The fraction of sp³-hybridized carbons (Fsp3) is 0.0769. The standard InChI is InChI=1S/C26H19N3O4/c1-16-20-13-18(11-12-22(20)33-25(16)24(31)17-7-3-2-4-8-17)28-23(30)14-29-15-27-21-10-6-5-9-19(21)26(29)32/h2-13,15H,14H2,1H3,(H,28,30). The van der Waals surface area contributed by atoms with Crippen LogP contribution >= 0.6 is 0 Å². The number of benzene rings is 3. The Kier molecular flexibility index (Phi) is 5.06. The maximum absolute atomic E-state index is 12.8. The second-order valence-electron chi connectivity index (χ2n) is 7.71. The fourth-order valence-electron chi connectivity index (χ4n) is 3.81. The molecular formula is C26H19N3O4. The van der Waals surface area contributed by atoms with Gasteiger partial charge in [-0.25, -0.2) is 4.98 Å². The first-order valence-corrected chi connectivity index (χ1v) is 10.4. The van der Waals surface area contributed by atoms with E-state index >= 15 is 0 Å². The number of rotatable bonds is 5. The molecule has 2 heterocycles. The SMILES string of the molecule is Cc1c(C(=O)c2ccccc2)oc2ccc(NC(=O)Cn3cnc4ccccc4c3=O)cc12. The predicted molar refractivity (Wildman–Crippen MR) is 125 cm³/mol. The van der Waals surface area contributed by atoms with Crippen LogP contribution in [0.3, 0.4) is 0 Å². The van der Waals surface area contributed by atoms with Gasteiger partial charge in [-0.3, -0.25) is 19.0 Å². The van der Waals surface area contributed by atoms with E-state index in [0.717, 1.165) is 5.39 Å². The second kappa shape index (κ2) is 8.20. The molecule has 0 bridgehead atoms. The average molecular weight is 437 g/mol. The number of fused-ring (bicyclic) bond motifs is 2. The minimum atomic E-state index is -0.365. The van der Waals surface area contributed by atoms with Crippen LogP contribution in [0, 0.1) is 6.92 Å². The molecule has 0 aliphatic heterocycles. The zero-order chi connectivity index (χ0) is 22.9. The summed E-state index contributed by atoms with van der Waals surface area (Å²) < 4.78 is 7.09. The van der Waals surface area contributed by atoms with E-state index < -0.39 is 0 Å². The number of nitrogens with one attached hydrogen (secondary N) is 1. The average Bonchev–Trinajstić information content (AvgIpc) is 3.17. The van der Waals surface area contributed by atoms with Crippen LogP contribution < -0.4 is 10.9 Å². The lowest BCUT2D eigenvalue weighted by Crippen LogP contribution is -2.27. The van der Waals surface area contributed by atoms with Gasteiger partial charge in [0.25, 0.3) is 5.56 Å². The first kappa shape index (κ1) is 20.4. The van der Waals surface area contributed by atoms with Gasteiger partial charge in [0.05, 0.1) is 17.2 Å². The molecule has 0 radical (unpaired) electrons. The second-order valence-corrected chi connectivity index (χ2v) is 7.71. The van der Waals surface area contributed by atoms with Crippen molar-refractivity contribution in [1.29, 1.82) is 0 Å². The van der Waals surface area contributed by atoms with Crippen molar-refractivity contribution < 1.29 is 14.0 Å². The predicted octanol–water partition coefficient (Wildman–Crippen LogP) is 4.32. The summed E-state index contributed by atoms with van der Waals surface area (Å²) in [7, 11) is 0. The summed E-state index contributed by atoms with van der Waals surface area (Å²) in [6, 6.07) is 21.1. The molecule has 7 nitrogen and oxygen atoms in total. The zero-order valence-electron chi connectivity index (χ0n) is 17.7. The molecule has 7 heteroatoms. The third-order valence-corrected chi connectivity index (χ3v) is 5.51. The molecule has 0 atom stereocenters. The number of ketones is 1. The zero-order valence-corrected chi connectivity index (χ0v) is 17.7. The number of furan rings is 1. The summed E-state index contributed by atoms with van der Waals surface area (Å²) in [5, 5.41) is 3.99. The van der Waals surface area contributed by atoms with Crippen molar-refractivity contribution in [3.8, 4) is 0 Å². The third-order valence-electron chi connectivity index (χ3n) is 5.51. The van der Waals surface area contributed by atoms with Crippen LogP contribution in [0.1, 0.15) is 21.7 Å². The van der Waals surface area contributed by atoms with Gasteiger partial charge in [0.15, 0.2) is 5.76 Å². The molecule has 0 saturated heterocycles. The number of carbonyl (C=O) groups is 2. The Morgan fingerprint density at radius 3 is 2.55 bits per heavy atom. The normalized spacial score (nSPS) is 11.1. The highest BCUT2D eigenvalue weighted by Gasteiger charge is 2.19. The summed E-state index contributed by atoms with van der Waals surface area (Å²) in [5.41, 5.74) is 2.64. The lowest BCUT2D eigenvalue weighted by Gasteiger charge is -2.08. The Hall–Kier alpha value is -4.52. The highest BCUT2D eigenvalue weighted by molar-refractivity contribution is 6.10. The first-order valence-electron chi connectivity index (χ1n) is 10.4. The van der Waals surface area contributed by atoms with Crippen molar-refractivity contribution in [1.82, 2.24) is 9.55 Å². The van der Waals surface area contributed by atoms with Crippen LogP contribution in [0.5, 0.6) is 0 Å². The van der Waals surface area contributed by atoms with E-state index in [4.69, 9.17) is 4.42 Å². The largest absolute Gasteiger partial charge is 0.452 e. The lowest BCUT2D eigenvalue weighted by atomic mass is 10.0. The lowest BCUT2D eigenvalue weighted by molar-refractivity contribution is -0.116. The van der Waals surface area contributed by atoms with Crippen LogP contribution in [0.25, 0.3) is 21.9 Å². The quantitative estimate of drug-likeness (QED) is 0.413. The Labute approximate surface area is 188 Å². The van der Waals surface area contributed by atoms with E-state index in [2.05, 4.69) is 10.3 Å². The molecule has 33 heavy (non-hydrogen) atoms. The minimum Gasteiger partial charge on any atom is -0.452 e. The topological polar surface area (TPSA) is 94.2 Å². The number of hydrogen-bond donors (Lipinski definition) is 1. The Balaban J connectivity index is 1.39. The van der Waals surface area contributed by atoms with Gasteiger partial charge in [-0.15, -0.1) is 0 Å². The van der Waals surface area contributed by atoms with E-state index in [-0.39, 0.29) is 29.6 Å². The molecule has 2 aromatic heterocycles. The number of amides is 1. The highest BCUT2D eigenvalue weighted by Crippen LogP contribution is 2.29. The van der Waals surface area contributed by atoms with E-state index in [9.17, 15) is 14.4 Å². The van der Waals surface area contributed by atoms with E-state index in [0.29, 0.717) is 33.3 Å². The van der Waals surface area contributed by atoms with Gasteiger partial charge in [0, 0.05) is 22.2 Å². The van der Waals surface area contributed by atoms with Crippen LogP contribution in [-0.4, -0.2) is 21.2 Å². The third kappa shape index (κ3) is 3.80. The van der Waals surface area contributed by atoms with Gasteiger partial charge in [0.2, 0.25) is 11.7 Å². The smallest absolute Gasteiger partial charge is 0.261 e. The van der Waals surface area contributed by atoms with Gasteiger partial charge in [0.1, 0.15) is 12.1 Å². The summed E-state index contributed by atoms with van der Waals surface area (Å²) in [4.78, 5) is 42.3. The molecule has 162 valence electrons. The maximum atomic E-state index is 12.8. The number of anilines is 1. The number of carbonyl (C=O) groups excluding carboxylic acids is 2. The van der Waals surface area contributed by atoms with Crippen molar-refractivity contribution in [3.05, 3.63) is 106 Å². The minimum absolute atomic E-state index is 0.170. The molecule has 5 aromatic rings. The molecule has 1 N–H and O–H groups in total. The number of para-hydroxylation sites is 1. The number of hydrogen-bond acceptors (Lipinski definition) is 5. The highest BCUT2D eigenvalue weighted by atomic mass is 16.3. The fourth-order valence-corrected chi connectivity index (χ4v) is 3.81. The van der Waals surface area contributed by atoms with Gasteiger partial charge < -0.3 is 9.73 Å². The molecule has 0 spiro atoms. The molecule has 0 unspecified atom stereocenters. The molecule has 3 aromatic carbocycles. The number of aromatic nitrogens is 2. The maximum Gasteiger partial charge on any atom is 0.261 e. The van der Waals surface area contributed by atoms with Crippen LogP contribution in [-0.2, 0) is 11.3 Å². The van der Waals surface area contributed by atoms with Crippen molar-refractivity contribution in [2.45, 2.75) is 13.5 Å². The first-order chi connectivity index (χ1) is 16.0. The number of nitrogens with zero attached hydrogens (tertiary/aromatic N) is 2. The van der Waals surface area contributed by atoms with Gasteiger partial charge >= 0.3 is 0 Å². The van der Waals surface area contributed by atoms with Gasteiger partial charge in [-0.2, -0.15) is 0 Å². The Morgan fingerprint density at radius 2 is 1.73 bits per heavy atom.